The third-order valence-electron chi connectivity index (χ3n) is 4.36. The molecule has 0 unspecified atom stereocenters. The van der Waals surface area contributed by atoms with Crippen molar-refractivity contribution in [2.45, 2.75) is 103 Å². The molecule has 0 rings (SSSR count). The van der Waals surface area contributed by atoms with Crippen molar-refractivity contribution in [3.8, 4) is 0 Å². The summed E-state index contributed by atoms with van der Waals surface area (Å²) in [5, 5.41) is 11.6. The van der Waals surface area contributed by atoms with Gasteiger partial charge in [0.15, 0.2) is 0 Å². The van der Waals surface area contributed by atoms with Crippen molar-refractivity contribution in [1.82, 2.24) is 10.8 Å². The zero-order valence-electron chi connectivity index (χ0n) is 15.4. The van der Waals surface area contributed by atoms with E-state index in [9.17, 15) is 4.79 Å². The molecule has 0 bridgehead atoms. The van der Waals surface area contributed by atoms with E-state index in [2.05, 4.69) is 12.2 Å². The number of hydroxylamine groups is 1. The van der Waals surface area contributed by atoms with Gasteiger partial charge in [-0.05, 0) is 13.0 Å². The van der Waals surface area contributed by atoms with Gasteiger partial charge in [-0.25, -0.2) is 5.48 Å². The highest BCUT2D eigenvalue weighted by molar-refractivity contribution is 5.74. The van der Waals surface area contributed by atoms with Gasteiger partial charge in [0.25, 0.3) is 0 Å². The largest absolute Gasteiger partial charge is 0.316 e. The molecule has 23 heavy (non-hydrogen) atoms. The van der Waals surface area contributed by atoms with Gasteiger partial charge in [-0.1, -0.05) is 90.4 Å². The van der Waals surface area contributed by atoms with Crippen molar-refractivity contribution >= 4 is 5.91 Å². The summed E-state index contributed by atoms with van der Waals surface area (Å²) in [6, 6.07) is 0. The molecule has 0 aromatic rings. The highest BCUT2D eigenvalue weighted by Crippen LogP contribution is 2.12. The van der Waals surface area contributed by atoms with Crippen LogP contribution in [0.2, 0.25) is 0 Å². The highest BCUT2D eigenvalue weighted by Gasteiger charge is 1.97. The van der Waals surface area contributed by atoms with Gasteiger partial charge in [-0.2, -0.15) is 0 Å². The first-order chi connectivity index (χ1) is 11.3. The fourth-order valence-electron chi connectivity index (χ4n) is 2.83. The van der Waals surface area contributed by atoms with Crippen LogP contribution in [0, 0.1) is 0 Å². The second-order valence-corrected chi connectivity index (χ2v) is 6.63. The quantitative estimate of drug-likeness (QED) is 0.189. The number of hydrogen-bond donors (Lipinski definition) is 3. The molecule has 3 N–H and O–H groups in total. The molecule has 0 spiro atoms. The Balaban J connectivity index is 2.99. The lowest BCUT2D eigenvalue weighted by Gasteiger charge is -2.04. The van der Waals surface area contributed by atoms with Gasteiger partial charge in [0.05, 0.1) is 0 Å². The van der Waals surface area contributed by atoms with E-state index in [1.807, 2.05) is 0 Å². The smallest absolute Gasteiger partial charge is 0.244 e. The van der Waals surface area contributed by atoms with Crippen molar-refractivity contribution in [3.63, 3.8) is 0 Å². The van der Waals surface area contributed by atoms with Crippen molar-refractivity contribution in [2.24, 2.45) is 0 Å². The van der Waals surface area contributed by atoms with E-state index in [1.54, 1.807) is 5.48 Å². The Bertz CT molecular complexity index is 248. The van der Waals surface area contributed by atoms with Crippen LogP contribution in [-0.2, 0) is 4.79 Å². The van der Waals surface area contributed by atoms with Crippen LogP contribution in [-0.4, -0.2) is 24.2 Å². The monoisotopic (exact) mass is 328 g/mol. The van der Waals surface area contributed by atoms with Gasteiger partial charge >= 0.3 is 0 Å². The predicted octanol–water partition coefficient (Wildman–Crippen LogP) is 4.95. The minimum absolute atomic E-state index is 0.321. The Labute approximate surface area is 143 Å². The molecule has 0 aliphatic rings. The summed E-state index contributed by atoms with van der Waals surface area (Å²) >= 11 is 0. The number of rotatable bonds is 18. The zero-order valence-corrected chi connectivity index (χ0v) is 15.4. The second kappa shape index (κ2) is 19.4. The van der Waals surface area contributed by atoms with Crippen LogP contribution in [0.4, 0.5) is 0 Å². The third kappa shape index (κ3) is 19.3. The maximum atomic E-state index is 10.8. The molecule has 0 saturated carbocycles. The van der Waals surface area contributed by atoms with Gasteiger partial charge in [-0.15, -0.1) is 0 Å². The van der Waals surface area contributed by atoms with E-state index < -0.39 is 0 Å². The first kappa shape index (κ1) is 22.4. The van der Waals surface area contributed by atoms with Gasteiger partial charge in [-0.3, -0.25) is 10.0 Å². The summed E-state index contributed by atoms with van der Waals surface area (Å²) < 4.78 is 0. The molecule has 0 aromatic heterocycles. The molecular formula is C19H40N2O2. The number of nitrogens with one attached hydrogen (secondary N) is 2. The third-order valence-corrected chi connectivity index (χ3v) is 4.36. The zero-order chi connectivity index (χ0) is 17.0. The van der Waals surface area contributed by atoms with Crippen LogP contribution < -0.4 is 10.8 Å². The molecule has 0 saturated heterocycles. The molecular weight excluding hydrogens is 288 g/mol. The average molecular weight is 329 g/mol. The van der Waals surface area contributed by atoms with E-state index in [-0.39, 0.29) is 5.91 Å². The van der Waals surface area contributed by atoms with Crippen molar-refractivity contribution in [2.75, 3.05) is 13.1 Å². The van der Waals surface area contributed by atoms with E-state index in [1.165, 1.54) is 89.9 Å². The fourth-order valence-corrected chi connectivity index (χ4v) is 2.83. The van der Waals surface area contributed by atoms with Crippen LogP contribution >= 0.6 is 0 Å². The molecule has 0 radical (unpaired) electrons. The Morgan fingerprint density at radius 2 is 1.13 bits per heavy atom. The van der Waals surface area contributed by atoms with E-state index in [0.29, 0.717) is 13.0 Å². The van der Waals surface area contributed by atoms with Gasteiger partial charge in [0.1, 0.15) is 0 Å². The first-order valence-electron chi connectivity index (χ1n) is 9.95. The minimum atomic E-state index is -0.321. The molecule has 0 aliphatic carbocycles. The number of unbranched alkanes of at least 4 members (excludes halogenated alkanes) is 13. The Morgan fingerprint density at radius 3 is 1.57 bits per heavy atom. The topological polar surface area (TPSA) is 61.4 Å². The van der Waals surface area contributed by atoms with Gasteiger partial charge in [0, 0.05) is 13.0 Å². The molecule has 0 aliphatic heterocycles. The van der Waals surface area contributed by atoms with Crippen molar-refractivity contribution in [3.05, 3.63) is 0 Å². The Hall–Kier alpha value is -0.610. The molecule has 4 heteroatoms. The summed E-state index contributed by atoms with van der Waals surface area (Å²) in [6.45, 7) is 3.89. The summed E-state index contributed by atoms with van der Waals surface area (Å²) in [6.07, 6.45) is 19.6. The summed E-state index contributed by atoms with van der Waals surface area (Å²) in [4.78, 5) is 10.8. The number of hydrogen-bond acceptors (Lipinski definition) is 3. The van der Waals surface area contributed by atoms with Crippen LogP contribution in [0.5, 0.6) is 0 Å². The molecule has 138 valence electrons. The van der Waals surface area contributed by atoms with Crippen LogP contribution in [0.1, 0.15) is 103 Å². The lowest BCUT2D eigenvalue weighted by molar-refractivity contribution is -0.129. The van der Waals surface area contributed by atoms with E-state index in [0.717, 1.165) is 6.54 Å². The maximum absolute atomic E-state index is 10.8. The van der Waals surface area contributed by atoms with Crippen LogP contribution in [0.25, 0.3) is 0 Å². The van der Waals surface area contributed by atoms with Gasteiger partial charge in [0.2, 0.25) is 5.91 Å². The number of amides is 1. The molecule has 1 amide bonds. The second-order valence-electron chi connectivity index (χ2n) is 6.63. The number of carbonyl (C=O) groups is 1. The van der Waals surface area contributed by atoms with Crippen molar-refractivity contribution < 1.29 is 10.0 Å². The van der Waals surface area contributed by atoms with E-state index >= 15 is 0 Å². The molecule has 0 atom stereocenters. The molecule has 0 heterocycles. The summed E-state index contributed by atoms with van der Waals surface area (Å²) in [5.74, 6) is -0.321. The lowest BCUT2D eigenvalue weighted by Crippen LogP contribution is -2.25. The Kier molecular flexibility index (Phi) is 18.9. The Morgan fingerprint density at radius 1 is 0.696 bits per heavy atom. The SMILES string of the molecule is CCCCCCCCCCCCCCCCNCCC(=O)NO. The minimum Gasteiger partial charge on any atom is -0.316 e. The summed E-state index contributed by atoms with van der Waals surface area (Å²) in [5.41, 5.74) is 1.64. The first-order valence-corrected chi connectivity index (χ1v) is 9.95. The fraction of sp³-hybridized carbons (Fsp3) is 0.947. The van der Waals surface area contributed by atoms with E-state index in [4.69, 9.17) is 5.21 Å². The van der Waals surface area contributed by atoms with Crippen LogP contribution in [0.15, 0.2) is 0 Å². The number of carbonyl (C=O) groups excluding carboxylic acids is 1. The standard InChI is InChI=1S/C19H40N2O2/c1-2-3-4-5-6-7-8-9-10-11-12-13-14-15-17-20-18-16-19(22)21-23/h20,23H,2-18H2,1H3,(H,21,22). The molecule has 0 aromatic carbocycles. The predicted molar refractivity (Wildman–Crippen MR) is 97.7 cm³/mol. The van der Waals surface area contributed by atoms with Crippen LogP contribution in [0.3, 0.4) is 0 Å². The summed E-state index contributed by atoms with van der Waals surface area (Å²) in [7, 11) is 0. The van der Waals surface area contributed by atoms with Crippen molar-refractivity contribution in [1.29, 1.82) is 0 Å². The molecule has 0 fully saturated rings. The normalized spacial score (nSPS) is 10.9. The highest BCUT2D eigenvalue weighted by atomic mass is 16.5. The average Bonchev–Trinajstić information content (AvgIpc) is 2.57. The maximum Gasteiger partial charge on any atom is 0.244 e. The lowest BCUT2D eigenvalue weighted by atomic mass is 10.0. The molecule has 4 nitrogen and oxygen atoms in total. The van der Waals surface area contributed by atoms with Gasteiger partial charge < -0.3 is 5.32 Å².